The smallest absolute Gasteiger partial charge is 0.410 e. The number of carbonyl (C=O) groups excluding carboxylic acids is 1. The molecule has 0 aliphatic carbocycles. The highest BCUT2D eigenvalue weighted by Crippen LogP contribution is 2.27. The van der Waals surface area contributed by atoms with Crippen LogP contribution in [0.2, 0.25) is 0 Å². The zero-order valence-electron chi connectivity index (χ0n) is 12.3. The molecule has 3 rings (SSSR count). The summed E-state index contributed by atoms with van der Waals surface area (Å²) in [5.41, 5.74) is 2.22. The number of para-hydroxylation sites is 1. The standard InChI is InChI=1S/C19H17NO2/c1-15-8-7-9-16(14-15)18-12-5-6-13-20(18)19(21)22-17-10-3-2-4-11-17/h2-14,18H,1H3. The molecule has 110 valence electrons. The minimum absolute atomic E-state index is 0.152. The van der Waals surface area contributed by atoms with Gasteiger partial charge in [-0.1, -0.05) is 60.2 Å². The molecule has 1 atom stereocenters. The first-order valence-corrected chi connectivity index (χ1v) is 7.21. The molecule has 1 aliphatic heterocycles. The van der Waals surface area contributed by atoms with Crippen molar-refractivity contribution < 1.29 is 9.53 Å². The summed E-state index contributed by atoms with van der Waals surface area (Å²) in [5.74, 6) is 0.540. The fraction of sp³-hybridized carbons (Fsp3) is 0.105. The second-order valence-corrected chi connectivity index (χ2v) is 5.17. The van der Waals surface area contributed by atoms with Gasteiger partial charge in [0, 0.05) is 6.20 Å². The van der Waals surface area contributed by atoms with E-state index >= 15 is 0 Å². The lowest BCUT2D eigenvalue weighted by Gasteiger charge is -2.28. The zero-order valence-corrected chi connectivity index (χ0v) is 12.3. The van der Waals surface area contributed by atoms with Crippen LogP contribution in [0.1, 0.15) is 17.2 Å². The summed E-state index contributed by atoms with van der Waals surface area (Å²) in [6.45, 7) is 2.04. The molecule has 3 heteroatoms. The lowest BCUT2D eigenvalue weighted by Crippen LogP contribution is -2.32. The number of amides is 1. The third kappa shape index (κ3) is 3.09. The highest BCUT2D eigenvalue weighted by Gasteiger charge is 2.24. The van der Waals surface area contributed by atoms with Crippen molar-refractivity contribution in [2.24, 2.45) is 0 Å². The molecule has 0 fully saturated rings. The predicted molar refractivity (Wildman–Crippen MR) is 86.5 cm³/mol. The van der Waals surface area contributed by atoms with E-state index in [1.165, 1.54) is 0 Å². The summed E-state index contributed by atoms with van der Waals surface area (Å²) in [5, 5.41) is 0. The average Bonchev–Trinajstić information content (AvgIpc) is 2.56. The van der Waals surface area contributed by atoms with Gasteiger partial charge in [0.2, 0.25) is 0 Å². The average molecular weight is 291 g/mol. The Morgan fingerprint density at radius 1 is 1.05 bits per heavy atom. The van der Waals surface area contributed by atoms with Crippen molar-refractivity contribution in [2.45, 2.75) is 13.0 Å². The Morgan fingerprint density at radius 2 is 1.86 bits per heavy atom. The summed E-state index contributed by atoms with van der Waals surface area (Å²) in [6, 6.07) is 17.1. The van der Waals surface area contributed by atoms with Crippen LogP contribution >= 0.6 is 0 Å². The van der Waals surface area contributed by atoms with E-state index in [0.717, 1.165) is 11.1 Å². The molecule has 0 radical (unpaired) electrons. The Balaban J connectivity index is 1.83. The van der Waals surface area contributed by atoms with Crippen molar-refractivity contribution in [3.63, 3.8) is 0 Å². The molecule has 0 saturated heterocycles. The number of rotatable bonds is 2. The molecule has 1 unspecified atom stereocenters. The molecular weight excluding hydrogens is 274 g/mol. The molecule has 0 N–H and O–H groups in total. The first-order valence-electron chi connectivity index (χ1n) is 7.21. The number of hydrogen-bond acceptors (Lipinski definition) is 2. The molecule has 2 aromatic rings. The van der Waals surface area contributed by atoms with E-state index in [-0.39, 0.29) is 6.04 Å². The van der Waals surface area contributed by atoms with Crippen LogP contribution in [0.3, 0.4) is 0 Å². The van der Waals surface area contributed by atoms with E-state index in [1.54, 1.807) is 23.2 Å². The molecule has 0 spiro atoms. The second-order valence-electron chi connectivity index (χ2n) is 5.17. The van der Waals surface area contributed by atoms with E-state index in [2.05, 4.69) is 6.07 Å². The van der Waals surface area contributed by atoms with Gasteiger partial charge in [-0.3, -0.25) is 4.90 Å². The number of hydrogen-bond donors (Lipinski definition) is 0. The van der Waals surface area contributed by atoms with Crippen molar-refractivity contribution in [2.75, 3.05) is 0 Å². The molecule has 0 bridgehead atoms. The van der Waals surface area contributed by atoms with E-state index in [4.69, 9.17) is 4.74 Å². The topological polar surface area (TPSA) is 29.5 Å². The summed E-state index contributed by atoms with van der Waals surface area (Å²) >= 11 is 0. The first-order chi connectivity index (χ1) is 10.7. The quantitative estimate of drug-likeness (QED) is 0.808. The summed E-state index contributed by atoms with van der Waals surface area (Å²) < 4.78 is 5.44. The molecular formula is C19H17NO2. The Morgan fingerprint density at radius 3 is 2.64 bits per heavy atom. The van der Waals surface area contributed by atoms with Crippen LogP contribution in [0.15, 0.2) is 79.0 Å². The maximum absolute atomic E-state index is 12.5. The van der Waals surface area contributed by atoms with Gasteiger partial charge in [0.1, 0.15) is 5.75 Å². The Kier molecular flexibility index (Phi) is 4.05. The third-order valence-electron chi connectivity index (χ3n) is 3.49. The molecule has 3 nitrogen and oxygen atoms in total. The molecule has 0 aromatic heterocycles. The van der Waals surface area contributed by atoms with Gasteiger partial charge in [-0.15, -0.1) is 0 Å². The minimum Gasteiger partial charge on any atom is -0.410 e. The minimum atomic E-state index is -0.390. The first kappa shape index (κ1) is 14.1. The third-order valence-corrected chi connectivity index (χ3v) is 3.49. The van der Waals surface area contributed by atoms with E-state index in [1.807, 2.05) is 61.5 Å². The van der Waals surface area contributed by atoms with Crippen LogP contribution in [0.4, 0.5) is 4.79 Å². The maximum atomic E-state index is 12.5. The van der Waals surface area contributed by atoms with Gasteiger partial charge in [-0.05, 0) is 30.7 Å². The van der Waals surface area contributed by atoms with Gasteiger partial charge in [-0.2, -0.15) is 0 Å². The molecule has 0 saturated carbocycles. The van der Waals surface area contributed by atoms with Crippen LogP contribution in [0.25, 0.3) is 0 Å². The molecule has 2 aromatic carbocycles. The number of allylic oxidation sites excluding steroid dienone is 2. The molecule has 1 aliphatic rings. The monoisotopic (exact) mass is 291 g/mol. The number of carbonyl (C=O) groups is 1. The highest BCUT2D eigenvalue weighted by atomic mass is 16.6. The van der Waals surface area contributed by atoms with Crippen LogP contribution in [-0.4, -0.2) is 11.0 Å². The SMILES string of the molecule is Cc1cccc(C2C=CC=CN2C(=O)Oc2ccccc2)c1. The second kappa shape index (κ2) is 6.31. The predicted octanol–water partition coefficient (Wildman–Crippen LogP) is 4.62. The van der Waals surface area contributed by atoms with Gasteiger partial charge < -0.3 is 4.74 Å². The van der Waals surface area contributed by atoms with Gasteiger partial charge in [0.05, 0.1) is 6.04 Å². The van der Waals surface area contributed by atoms with Gasteiger partial charge >= 0.3 is 6.09 Å². The van der Waals surface area contributed by atoms with Crippen molar-refractivity contribution in [1.82, 2.24) is 4.90 Å². The molecule has 1 amide bonds. The largest absolute Gasteiger partial charge is 0.420 e. The maximum Gasteiger partial charge on any atom is 0.420 e. The van der Waals surface area contributed by atoms with Crippen LogP contribution in [-0.2, 0) is 0 Å². The van der Waals surface area contributed by atoms with Gasteiger partial charge in [-0.25, -0.2) is 4.79 Å². The Labute approximate surface area is 130 Å². The summed E-state index contributed by atoms with van der Waals surface area (Å²) in [6.07, 6.45) is 7.12. The number of nitrogens with zero attached hydrogens (tertiary/aromatic N) is 1. The normalized spacial score (nSPS) is 16.6. The fourth-order valence-electron chi connectivity index (χ4n) is 2.44. The zero-order chi connectivity index (χ0) is 15.4. The highest BCUT2D eigenvalue weighted by molar-refractivity contribution is 5.73. The van der Waals surface area contributed by atoms with Crippen LogP contribution in [0, 0.1) is 6.92 Å². The van der Waals surface area contributed by atoms with Gasteiger partial charge in [0.15, 0.2) is 0 Å². The lowest BCUT2D eigenvalue weighted by atomic mass is 10.0. The van der Waals surface area contributed by atoms with Crippen molar-refractivity contribution in [3.05, 3.63) is 90.2 Å². The van der Waals surface area contributed by atoms with E-state index in [9.17, 15) is 4.79 Å². The molecule has 1 heterocycles. The van der Waals surface area contributed by atoms with Gasteiger partial charge in [0.25, 0.3) is 0 Å². The van der Waals surface area contributed by atoms with E-state index in [0.29, 0.717) is 5.75 Å². The number of aryl methyl sites for hydroxylation is 1. The van der Waals surface area contributed by atoms with Crippen LogP contribution in [0.5, 0.6) is 5.75 Å². The number of ether oxygens (including phenoxy) is 1. The fourth-order valence-corrected chi connectivity index (χ4v) is 2.44. The summed E-state index contributed by atoms with van der Waals surface area (Å²) in [7, 11) is 0. The Hall–Kier alpha value is -2.81. The molecule has 22 heavy (non-hydrogen) atoms. The van der Waals surface area contributed by atoms with Crippen molar-refractivity contribution in [3.8, 4) is 5.75 Å². The Bertz CT molecular complexity index is 719. The van der Waals surface area contributed by atoms with E-state index < -0.39 is 6.09 Å². The van der Waals surface area contributed by atoms with Crippen LogP contribution < -0.4 is 4.74 Å². The lowest BCUT2D eigenvalue weighted by molar-refractivity contribution is 0.161. The summed E-state index contributed by atoms with van der Waals surface area (Å²) in [4.78, 5) is 14.1. The van der Waals surface area contributed by atoms with Crippen molar-refractivity contribution in [1.29, 1.82) is 0 Å². The van der Waals surface area contributed by atoms with Crippen molar-refractivity contribution >= 4 is 6.09 Å². The number of benzene rings is 2.